The maximum atomic E-state index is 2.47. The van der Waals surface area contributed by atoms with E-state index in [0.29, 0.717) is 0 Å². The number of hydrogen-bond donors (Lipinski definition) is 0. The Kier molecular flexibility index (Phi) is 5.54. The molecule has 0 bridgehead atoms. The summed E-state index contributed by atoms with van der Waals surface area (Å²) >= 11 is 0. The average Bonchev–Trinajstić information content (AvgIpc) is 3.02. The summed E-state index contributed by atoms with van der Waals surface area (Å²) in [4.78, 5) is 0. The van der Waals surface area contributed by atoms with Gasteiger partial charge in [0.15, 0.2) is 0 Å². The summed E-state index contributed by atoms with van der Waals surface area (Å²) in [5.74, 6) is 0. The van der Waals surface area contributed by atoms with Gasteiger partial charge in [0.05, 0.1) is 0 Å². The van der Waals surface area contributed by atoms with Crippen LogP contribution in [0.5, 0.6) is 0 Å². The number of rotatable bonds is 4. The van der Waals surface area contributed by atoms with Crippen LogP contribution in [-0.2, 0) is 0 Å². The summed E-state index contributed by atoms with van der Waals surface area (Å²) in [5.41, 5.74) is 1.68. The van der Waals surface area contributed by atoms with Crippen LogP contribution in [0.2, 0.25) is 0 Å². The van der Waals surface area contributed by atoms with Gasteiger partial charge in [0, 0.05) is 0 Å². The van der Waals surface area contributed by atoms with E-state index in [-0.39, 0.29) is 7.92 Å². The van der Waals surface area contributed by atoms with Gasteiger partial charge in [-0.3, -0.25) is 0 Å². The molecule has 132 valence electrons. The molecule has 0 N–H and O–H groups in total. The lowest BCUT2D eigenvalue weighted by Crippen LogP contribution is -2.32. The van der Waals surface area contributed by atoms with Gasteiger partial charge in [0.2, 0.25) is 0 Å². The first-order chi connectivity index (χ1) is 12.8. The lowest BCUT2D eigenvalue weighted by atomic mass is 10.2. The first kappa shape index (κ1) is 17.9. The van der Waals surface area contributed by atoms with Gasteiger partial charge in [-0.15, -0.1) is 0 Å². The second-order valence-electron chi connectivity index (χ2n) is 7.18. The topological polar surface area (TPSA) is 0 Å². The third-order valence-corrected chi connectivity index (χ3v) is 11.4. The van der Waals surface area contributed by atoms with E-state index in [9.17, 15) is 0 Å². The van der Waals surface area contributed by atoms with Crippen molar-refractivity contribution in [3.05, 3.63) is 84.9 Å². The molecule has 2 unspecified atom stereocenters. The maximum Gasteiger partial charge on any atom is -0.00740 e. The molecule has 0 saturated carbocycles. The molecule has 4 rings (SSSR count). The molecule has 0 spiro atoms. The Morgan fingerprint density at radius 2 is 1.12 bits per heavy atom. The molecular formula is C24H26P2. The molecule has 0 nitrogen and oxygen atoms in total. The molecule has 1 fully saturated rings. The molecule has 26 heavy (non-hydrogen) atoms. The van der Waals surface area contributed by atoms with Gasteiger partial charge >= 0.3 is 0 Å². The van der Waals surface area contributed by atoms with Gasteiger partial charge in [0.25, 0.3) is 0 Å². The van der Waals surface area contributed by atoms with Gasteiger partial charge in [-0.25, -0.2) is 0 Å². The molecule has 2 heteroatoms. The second-order valence-corrected chi connectivity index (χ2v) is 12.4. The van der Waals surface area contributed by atoms with Crippen molar-refractivity contribution in [1.29, 1.82) is 0 Å². The molecule has 0 amide bonds. The van der Waals surface area contributed by atoms with E-state index in [0.717, 1.165) is 11.3 Å². The maximum absolute atomic E-state index is 2.47. The van der Waals surface area contributed by atoms with Crippen LogP contribution in [0, 0.1) is 0 Å². The fourth-order valence-corrected chi connectivity index (χ4v) is 10.4. The number of benzene rings is 3. The lowest BCUT2D eigenvalue weighted by molar-refractivity contribution is 0.777. The van der Waals surface area contributed by atoms with Gasteiger partial charge in [-0.2, -0.15) is 0 Å². The summed E-state index contributed by atoms with van der Waals surface area (Å²) in [6, 6.07) is 31.5. The molecule has 3 aromatic rings. The van der Waals surface area contributed by atoms with Crippen LogP contribution < -0.4 is 21.2 Å². The second kappa shape index (κ2) is 8.04. The third kappa shape index (κ3) is 3.51. The third-order valence-electron chi connectivity index (χ3n) is 5.38. The molecular weight excluding hydrogens is 350 g/mol. The van der Waals surface area contributed by atoms with Crippen LogP contribution in [0.1, 0.15) is 26.7 Å². The Hall–Kier alpha value is -1.48. The SMILES string of the molecule is CC1CCC(C)P1c1ccccc1P(c1ccccc1)c1ccccc1. The van der Waals surface area contributed by atoms with Gasteiger partial charge < -0.3 is 0 Å². The highest BCUT2D eigenvalue weighted by molar-refractivity contribution is 7.82. The fraction of sp³-hybridized carbons (Fsp3) is 0.250. The molecule has 0 radical (unpaired) electrons. The zero-order valence-corrected chi connectivity index (χ0v) is 17.3. The minimum absolute atomic E-state index is 0.0804. The summed E-state index contributed by atoms with van der Waals surface area (Å²) in [6.07, 6.45) is 2.77. The van der Waals surface area contributed by atoms with Crippen LogP contribution in [0.3, 0.4) is 0 Å². The van der Waals surface area contributed by atoms with Gasteiger partial charge in [-0.1, -0.05) is 107 Å². The van der Waals surface area contributed by atoms with Crippen molar-refractivity contribution in [1.82, 2.24) is 0 Å². The van der Waals surface area contributed by atoms with Crippen molar-refractivity contribution in [2.45, 2.75) is 38.0 Å². The van der Waals surface area contributed by atoms with Crippen molar-refractivity contribution in [3.63, 3.8) is 0 Å². The van der Waals surface area contributed by atoms with E-state index in [1.54, 1.807) is 10.6 Å². The zero-order valence-electron chi connectivity index (χ0n) is 15.5. The summed E-state index contributed by atoms with van der Waals surface area (Å²) in [7, 11) is -0.585. The Bertz CT molecular complexity index is 795. The summed E-state index contributed by atoms with van der Waals surface area (Å²) in [6.45, 7) is 4.94. The van der Waals surface area contributed by atoms with Gasteiger partial charge in [-0.05, 0) is 53.3 Å². The predicted molar refractivity (Wildman–Crippen MR) is 120 cm³/mol. The Morgan fingerprint density at radius 3 is 1.65 bits per heavy atom. The van der Waals surface area contributed by atoms with Crippen LogP contribution in [-0.4, -0.2) is 11.3 Å². The van der Waals surface area contributed by atoms with Crippen molar-refractivity contribution in [2.24, 2.45) is 0 Å². The van der Waals surface area contributed by atoms with E-state index >= 15 is 0 Å². The molecule has 1 aliphatic heterocycles. The van der Waals surface area contributed by atoms with E-state index in [4.69, 9.17) is 0 Å². The molecule has 0 aromatic heterocycles. The normalized spacial score (nSPS) is 22.7. The monoisotopic (exact) mass is 376 g/mol. The van der Waals surface area contributed by atoms with Crippen molar-refractivity contribution < 1.29 is 0 Å². The summed E-state index contributed by atoms with van der Waals surface area (Å²) in [5, 5.41) is 6.14. The van der Waals surface area contributed by atoms with Crippen molar-refractivity contribution in [3.8, 4) is 0 Å². The Balaban J connectivity index is 1.88. The van der Waals surface area contributed by atoms with Gasteiger partial charge in [0.1, 0.15) is 0 Å². The van der Waals surface area contributed by atoms with E-state index in [1.807, 2.05) is 0 Å². The van der Waals surface area contributed by atoms with Crippen LogP contribution in [0.15, 0.2) is 84.9 Å². The van der Waals surface area contributed by atoms with E-state index in [1.165, 1.54) is 23.5 Å². The smallest absolute Gasteiger partial charge is 0.00740 e. The molecule has 2 atom stereocenters. The average molecular weight is 376 g/mol. The first-order valence-corrected chi connectivity index (χ1v) is 12.4. The highest BCUT2D eigenvalue weighted by Crippen LogP contribution is 2.55. The van der Waals surface area contributed by atoms with Crippen LogP contribution >= 0.6 is 15.8 Å². The molecule has 3 aromatic carbocycles. The minimum Gasteiger partial charge on any atom is -0.0688 e. The van der Waals surface area contributed by atoms with Crippen LogP contribution in [0.4, 0.5) is 0 Å². The summed E-state index contributed by atoms with van der Waals surface area (Å²) < 4.78 is 0. The molecule has 1 aliphatic rings. The molecule has 0 aliphatic carbocycles. The van der Waals surface area contributed by atoms with E-state index < -0.39 is 7.92 Å². The molecule has 1 heterocycles. The minimum atomic E-state index is -0.505. The fourth-order valence-electron chi connectivity index (χ4n) is 4.12. The highest BCUT2D eigenvalue weighted by Gasteiger charge is 2.33. The predicted octanol–water partition coefficient (Wildman–Crippen LogP) is 5.12. The van der Waals surface area contributed by atoms with Crippen molar-refractivity contribution in [2.75, 3.05) is 0 Å². The lowest BCUT2D eigenvalue weighted by Gasteiger charge is -2.28. The Morgan fingerprint density at radius 1 is 0.654 bits per heavy atom. The first-order valence-electron chi connectivity index (χ1n) is 9.53. The highest BCUT2D eigenvalue weighted by atomic mass is 31.1. The van der Waals surface area contributed by atoms with Crippen molar-refractivity contribution >= 4 is 37.1 Å². The quantitative estimate of drug-likeness (QED) is 0.554. The standard InChI is InChI=1S/C24H26P2/c1-19-17-18-20(2)25(19)23-15-9-10-16-24(23)26(21-11-5-3-6-12-21)22-13-7-4-8-14-22/h3-16,19-20H,17-18H2,1-2H3. The van der Waals surface area contributed by atoms with Crippen LogP contribution in [0.25, 0.3) is 0 Å². The Labute approximate surface area is 160 Å². The zero-order chi connectivity index (χ0) is 17.9. The molecule has 1 saturated heterocycles. The number of hydrogen-bond acceptors (Lipinski definition) is 0. The largest absolute Gasteiger partial charge is 0.0688 e. The van der Waals surface area contributed by atoms with E-state index in [2.05, 4.69) is 98.8 Å².